The Morgan fingerprint density at radius 1 is 1.29 bits per heavy atom. The largest absolute Gasteiger partial charge is 0.361 e. The highest BCUT2D eigenvalue weighted by molar-refractivity contribution is 7.89. The molecule has 0 aliphatic carbocycles. The highest BCUT2D eigenvalue weighted by atomic mass is 32.2. The summed E-state index contributed by atoms with van der Waals surface area (Å²) in [5, 5.41) is 6.60. The number of sulfonamides is 1. The van der Waals surface area contributed by atoms with Gasteiger partial charge < -0.3 is 9.84 Å². The number of nitrogens with zero attached hydrogens (tertiary/aromatic N) is 2. The van der Waals surface area contributed by atoms with E-state index < -0.39 is 10.0 Å². The molecule has 0 atom stereocenters. The van der Waals surface area contributed by atoms with Crippen molar-refractivity contribution in [1.29, 1.82) is 0 Å². The molecule has 24 heavy (non-hydrogen) atoms. The van der Waals surface area contributed by atoms with E-state index in [1.807, 2.05) is 6.92 Å². The van der Waals surface area contributed by atoms with Crippen LogP contribution in [0.15, 0.2) is 33.7 Å². The maximum absolute atomic E-state index is 12.4. The number of carbonyl (C=O) groups is 1. The van der Waals surface area contributed by atoms with Crippen molar-refractivity contribution in [2.24, 2.45) is 0 Å². The van der Waals surface area contributed by atoms with Crippen molar-refractivity contribution >= 4 is 15.9 Å². The number of benzene rings is 1. The van der Waals surface area contributed by atoms with Gasteiger partial charge in [0.25, 0.3) is 5.91 Å². The first-order valence-electron chi connectivity index (χ1n) is 7.52. The Bertz CT molecular complexity index is 841. The van der Waals surface area contributed by atoms with E-state index in [2.05, 4.69) is 10.5 Å². The Morgan fingerprint density at radius 2 is 1.96 bits per heavy atom. The van der Waals surface area contributed by atoms with Gasteiger partial charge in [0.1, 0.15) is 11.3 Å². The molecule has 0 saturated heterocycles. The highest BCUT2D eigenvalue weighted by Gasteiger charge is 2.22. The fraction of sp³-hybridized carbons (Fsp3) is 0.375. The van der Waals surface area contributed by atoms with E-state index >= 15 is 0 Å². The van der Waals surface area contributed by atoms with Gasteiger partial charge in [-0.15, -0.1) is 0 Å². The van der Waals surface area contributed by atoms with Crippen LogP contribution < -0.4 is 5.32 Å². The molecular formula is C16H21N3O4S. The van der Waals surface area contributed by atoms with Crippen molar-refractivity contribution in [2.75, 3.05) is 14.1 Å². The van der Waals surface area contributed by atoms with Crippen LogP contribution in [0.2, 0.25) is 0 Å². The SMILES string of the molecule is CCc1noc(C)c1C(=O)NCc1ccccc1S(=O)(=O)N(C)C. The lowest BCUT2D eigenvalue weighted by atomic mass is 10.1. The van der Waals surface area contributed by atoms with Gasteiger partial charge in [-0.3, -0.25) is 4.79 Å². The first kappa shape index (κ1) is 18.2. The predicted octanol–water partition coefficient (Wildman–Crippen LogP) is 1.73. The number of hydrogen-bond acceptors (Lipinski definition) is 5. The van der Waals surface area contributed by atoms with Crippen molar-refractivity contribution < 1.29 is 17.7 Å². The van der Waals surface area contributed by atoms with Gasteiger partial charge >= 0.3 is 0 Å². The average molecular weight is 351 g/mol. The second-order valence-electron chi connectivity index (χ2n) is 5.49. The van der Waals surface area contributed by atoms with Crippen LogP contribution in [0.25, 0.3) is 0 Å². The minimum absolute atomic E-state index is 0.0931. The summed E-state index contributed by atoms with van der Waals surface area (Å²) in [5.74, 6) is 0.112. The Kier molecular flexibility index (Phi) is 5.40. The van der Waals surface area contributed by atoms with Crippen LogP contribution in [-0.4, -0.2) is 37.9 Å². The summed E-state index contributed by atoms with van der Waals surface area (Å²) in [4.78, 5) is 12.6. The number of amides is 1. The molecule has 7 nitrogen and oxygen atoms in total. The summed E-state index contributed by atoms with van der Waals surface area (Å²) >= 11 is 0. The van der Waals surface area contributed by atoms with Gasteiger partial charge in [0.05, 0.1) is 10.6 Å². The molecular weight excluding hydrogens is 330 g/mol. The second-order valence-corrected chi connectivity index (χ2v) is 7.61. The third kappa shape index (κ3) is 3.49. The molecule has 2 aromatic rings. The standard InChI is InChI=1S/C16H21N3O4S/c1-5-13-15(11(2)23-18-13)16(20)17-10-12-8-6-7-9-14(12)24(21,22)19(3)4/h6-9H,5,10H2,1-4H3,(H,17,20). The van der Waals surface area contributed by atoms with Crippen molar-refractivity contribution in [3.8, 4) is 0 Å². The van der Waals surface area contributed by atoms with E-state index in [1.165, 1.54) is 20.2 Å². The molecule has 0 aliphatic heterocycles. The number of nitrogens with one attached hydrogen (secondary N) is 1. The van der Waals surface area contributed by atoms with Crippen LogP contribution in [0, 0.1) is 6.92 Å². The Balaban J connectivity index is 2.25. The lowest BCUT2D eigenvalue weighted by Gasteiger charge is -2.15. The van der Waals surface area contributed by atoms with Gasteiger partial charge in [0.2, 0.25) is 10.0 Å². The zero-order chi connectivity index (χ0) is 17.9. The number of aryl methyl sites for hydroxylation is 2. The van der Waals surface area contributed by atoms with Gasteiger partial charge in [-0.05, 0) is 25.0 Å². The van der Waals surface area contributed by atoms with E-state index in [0.717, 1.165) is 4.31 Å². The summed E-state index contributed by atoms with van der Waals surface area (Å²) in [6, 6.07) is 6.59. The van der Waals surface area contributed by atoms with Crippen molar-refractivity contribution in [3.63, 3.8) is 0 Å². The Hall–Kier alpha value is -2.19. The second kappa shape index (κ2) is 7.14. The smallest absolute Gasteiger partial charge is 0.257 e. The normalized spacial score (nSPS) is 11.7. The molecule has 1 amide bonds. The van der Waals surface area contributed by atoms with Crippen molar-refractivity contribution in [1.82, 2.24) is 14.8 Å². The van der Waals surface area contributed by atoms with Crippen LogP contribution in [0.3, 0.4) is 0 Å². The molecule has 0 radical (unpaired) electrons. The Labute approximate surface area is 141 Å². The molecule has 2 rings (SSSR count). The lowest BCUT2D eigenvalue weighted by Crippen LogP contribution is -2.27. The number of hydrogen-bond donors (Lipinski definition) is 1. The monoisotopic (exact) mass is 351 g/mol. The molecule has 130 valence electrons. The van der Waals surface area contributed by atoms with E-state index in [0.29, 0.717) is 29.0 Å². The average Bonchev–Trinajstić information content (AvgIpc) is 2.93. The summed E-state index contributed by atoms with van der Waals surface area (Å²) in [7, 11) is -0.637. The van der Waals surface area contributed by atoms with Crippen molar-refractivity contribution in [3.05, 3.63) is 46.8 Å². The first-order valence-corrected chi connectivity index (χ1v) is 8.96. The molecule has 1 aromatic carbocycles. The number of carbonyl (C=O) groups excluding carboxylic acids is 1. The minimum Gasteiger partial charge on any atom is -0.361 e. The summed E-state index contributed by atoms with van der Waals surface area (Å²) in [6.07, 6.45) is 0.575. The van der Waals surface area contributed by atoms with Gasteiger partial charge in [0, 0.05) is 20.6 Å². The molecule has 1 N–H and O–H groups in total. The molecule has 1 heterocycles. The van der Waals surface area contributed by atoms with Crippen LogP contribution >= 0.6 is 0 Å². The van der Waals surface area contributed by atoms with Gasteiger partial charge in [-0.2, -0.15) is 0 Å². The van der Waals surface area contributed by atoms with Crippen LogP contribution in [0.1, 0.15) is 34.3 Å². The van der Waals surface area contributed by atoms with E-state index in [9.17, 15) is 13.2 Å². The maximum atomic E-state index is 12.4. The van der Waals surface area contributed by atoms with Gasteiger partial charge in [0.15, 0.2) is 0 Å². The summed E-state index contributed by atoms with van der Waals surface area (Å²) in [6.45, 7) is 3.65. The highest BCUT2D eigenvalue weighted by Crippen LogP contribution is 2.19. The third-order valence-corrected chi connectivity index (χ3v) is 5.58. The topological polar surface area (TPSA) is 92.5 Å². The summed E-state index contributed by atoms with van der Waals surface area (Å²) in [5.41, 5.74) is 1.51. The Morgan fingerprint density at radius 3 is 2.58 bits per heavy atom. The lowest BCUT2D eigenvalue weighted by molar-refractivity contribution is 0.0948. The molecule has 0 bridgehead atoms. The van der Waals surface area contributed by atoms with E-state index in [-0.39, 0.29) is 17.3 Å². The van der Waals surface area contributed by atoms with Crippen molar-refractivity contribution in [2.45, 2.75) is 31.7 Å². The molecule has 8 heteroatoms. The quantitative estimate of drug-likeness (QED) is 0.855. The number of rotatable bonds is 6. The maximum Gasteiger partial charge on any atom is 0.257 e. The molecule has 0 unspecified atom stereocenters. The van der Waals surface area contributed by atoms with E-state index in [1.54, 1.807) is 25.1 Å². The van der Waals surface area contributed by atoms with Crippen LogP contribution in [0.4, 0.5) is 0 Å². The fourth-order valence-electron chi connectivity index (χ4n) is 2.31. The molecule has 0 aliphatic rings. The van der Waals surface area contributed by atoms with E-state index in [4.69, 9.17) is 4.52 Å². The molecule has 0 saturated carbocycles. The van der Waals surface area contributed by atoms with Gasteiger partial charge in [-0.25, -0.2) is 12.7 Å². The molecule has 1 aromatic heterocycles. The fourth-order valence-corrected chi connectivity index (χ4v) is 3.43. The van der Waals surface area contributed by atoms with Crippen LogP contribution in [-0.2, 0) is 23.0 Å². The van der Waals surface area contributed by atoms with Crippen LogP contribution in [0.5, 0.6) is 0 Å². The third-order valence-electron chi connectivity index (χ3n) is 3.67. The van der Waals surface area contributed by atoms with Gasteiger partial charge in [-0.1, -0.05) is 30.3 Å². The minimum atomic E-state index is -3.58. The number of aromatic nitrogens is 1. The molecule has 0 fully saturated rings. The predicted molar refractivity (Wildman–Crippen MR) is 89.1 cm³/mol. The summed E-state index contributed by atoms with van der Waals surface area (Å²) < 4.78 is 30.9. The first-order chi connectivity index (χ1) is 11.3. The zero-order valence-corrected chi connectivity index (χ0v) is 15.0. The zero-order valence-electron chi connectivity index (χ0n) is 14.2. The molecule has 0 spiro atoms.